The number of amides is 1. The lowest BCUT2D eigenvalue weighted by atomic mass is 9.99. The zero-order valence-corrected chi connectivity index (χ0v) is 30.6. The Labute approximate surface area is 285 Å². The van der Waals surface area contributed by atoms with Gasteiger partial charge in [0.25, 0.3) is 0 Å². The van der Waals surface area contributed by atoms with Crippen LogP contribution in [0.5, 0.6) is 0 Å². The largest absolute Gasteiger partial charge is 0.394 e. The average Bonchev–Trinajstić information content (AvgIpc) is 3.06. The van der Waals surface area contributed by atoms with Crippen LogP contribution in [0.1, 0.15) is 206 Å². The summed E-state index contributed by atoms with van der Waals surface area (Å²) in [6, 6.07) is -0.981. The van der Waals surface area contributed by atoms with E-state index >= 15 is 0 Å². The van der Waals surface area contributed by atoms with Gasteiger partial charge in [0.2, 0.25) is 5.91 Å². The first kappa shape index (κ1) is 45.0. The Morgan fingerprint density at radius 2 is 0.913 bits per heavy atom. The minimum absolute atomic E-state index is 0.372. The first-order valence-electron chi connectivity index (χ1n) is 20.1. The second-order valence-corrected chi connectivity index (χ2v) is 14.0. The number of hydrogen-bond acceptors (Lipinski definition) is 5. The van der Waals surface area contributed by atoms with Crippen LogP contribution in [-0.2, 0) is 4.79 Å². The minimum atomic E-state index is -1.26. The molecule has 0 aromatic heterocycles. The Morgan fingerprint density at radius 3 is 1.35 bits per heavy atom. The molecular formula is C40H79NO5. The van der Waals surface area contributed by atoms with E-state index in [-0.39, 0.29) is 0 Å². The minimum Gasteiger partial charge on any atom is -0.394 e. The van der Waals surface area contributed by atoms with Crippen LogP contribution in [0.25, 0.3) is 0 Å². The van der Waals surface area contributed by atoms with Crippen molar-refractivity contribution in [1.29, 1.82) is 0 Å². The molecule has 0 fully saturated rings. The highest BCUT2D eigenvalue weighted by Crippen LogP contribution is 2.16. The van der Waals surface area contributed by atoms with E-state index in [1.54, 1.807) is 0 Å². The van der Waals surface area contributed by atoms with E-state index in [1.165, 1.54) is 141 Å². The van der Waals surface area contributed by atoms with Crippen molar-refractivity contribution in [3.8, 4) is 0 Å². The van der Waals surface area contributed by atoms with Crippen LogP contribution in [0, 0.1) is 0 Å². The van der Waals surface area contributed by atoms with E-state index < -0.39 is 36.9 Å². The van der Waals surface area contributed by atoms with Gasteiger partial charge in [0.15, 0.2) is 0 Å². The monoisotopic (exact) mass is 654 g/mol. The van der Waals surface area contributed by atoms with Gasteiger partial charge in [-0.3, -0.25) is 4.79 Å². The molecule has 0 unspecified atom stereocenters. The van der Waals surface area contributed by atoms with Crippen molar-refractivity contribution < 1.29 is 25.2 Å². The third-order valence-corrected chi connectivity index (χ3v) is 9.46. The van der Waals surface area contributed by atoms with Gasteiger partial charge in [-0.2, -0.15) is 0 Å². The number of aliphatic hydroxyl groups excluding tert-OH is 4. The van der Waals surface area contributed by atoms with Crippen molar-refractivity contribution in [1.82, 2.24) is 5.32 Å². The number of allylic oxidation sites excluding steroid dienone is 2. The van der Waals surface area contributed by atoms with Crippen LogP contribution in [0.15, 0.2) is 12.2 Å². The SMILES string of the molecule is CCC/C=C/CCCCCCCCCCC[C@@H](O)[C@@H](O)[C@H](CO)NC(=O)[C@H](O)CCCCCCCCCCCCCCCCCC. The molecule has 274 valence electrons. The van der Waals surface area contributed by atoms with E-state index in [1.807, 2.05) is 0 Å². The van der Waals surface area contributed by atoms with Gasteiger partial charge < -0.3 is 25.7 Å². The van der Waals surface area contributed by atoms with Gasteiger partial charge in [0.1, 0.15) is 12.2 Å². The molecule has 0 aliphatic heterocycles. The number of nitrogens with one attached hydrogen (secondary N) is 1. The third kappa shape index (κ3) is 29.2. The molecule has 0 aliphatic carbocycles. The molecule has 0 saturated carbocycles. The lowest BCUT2D eigenvalue weighted by molar-refractivity contribution is -0.132. The number of carbonyl (C=O) groups is 1. The Bertz CT molecular complexity index is 658. The summed E-state index contributed by atoms with van der Waals surface area (Å²) in [6.45, 7) is 3.99. The van der Waals surface area contributed by atoms with E-state index in [2.05, 4.69) is 31.3 Å². The quantitative estimate of drug-likeness (QED) is 0.0342. The van der Waals surface area contributed by atoms with Crippen molar-refractivity contribution in [2.45, 2.75) is 231 Å². The highest BCUT2D eigenvalue weighted by molar-refractivity contribution is 5.80. The lowest BCUT2D eigenvalue weighted by Crippen LogP contribution is -2.53. The van der Waals surface area contributed by atoms with Crippen LogP contribution < -0.4 is 5.32 Å². The summed E-state index contributed by atoms with van der Waals surface area (Å²) >= 11 is 0. The Morgan fingerprint density at radius 1 is 0.522 bits per heavy atom. The first-order valence-corrected chi connectivity index (χ1v) is 20.1. The van der Waals surface area contributed by atoms with E-state index in [0.717, 1.165) is 38.5 Å². The van der Waals surface area contributed by atoms with E-state index in [4.69, 9.17) is 0 Å². The van der Waals surface area contributed by atoms with Crippen molar-refractivity contribution in [3.63, 3.8) is 0 Å². The summed E-state index contributed by atoms with van der Waals surface area (Å²) in [6.07, 6.45) is 36.6. The van der Waals surface area contributed by atoms with Gasteiger partial charge >= 0.3 is 0 Å². The van der Waals surface area contributed by atoms with Crippen molar-refractivity contribution in [2.24, 2.45) is 0 Å². The van der Waals surface area contributed by atoms with Crippen molar-refractivity contribution >= 4 is 5.91 Å². The van der Waals surface area contributed by atoms with Crippen LogP contribution in [0.3, 0.4) is 0 Å². The second kappa shape index (κ2) is 35.4. The van der Waals surface area contributed by atoms with Gasteiger partial charge in [-0.1, -0.05) is 187 Å². The summed E-state index contributed by atoms with van der Waals surface area (Å²) in [5.41, 5.74) is 0. The Balaban J connectivity index is 3.76. The molecule has 5 N–H and O–H groups in total. The highest BCUT2D eigenvalue weighted by atomic mass is 16.3. The number of aliphatic hydroxyl groups is 4. The molecule has 4 atom stereocenters. The summed E-state index contributed by atoms with van der Waals surface area (Å²) in [7, 11) is 0. The Hall–Kier alpha value is -0.950. The first-order chi connectivity index (χ1) is 22.5. The molecule has 1 amide bonds. The van der Waals surface area contributed by atoms with E-state index in [9.17, 15) is 25.2 Å². The molecule has 6 heteroatoms. The number of rotatable bonds is 36. The van der Waals surface area contributed by atoms with Gasteiger partial charge in [-0.25, -0.2) is 0 Å². The predicted octanol–water partition coefficient (Wildman–Crippen LogP) is 9.85. The van der Waals surface area contributed by atoms with Gasteiger partial charge in [0, 0.05) is 0 Å². The van der Waals surface area contributed by atoms with Crippen LogP contribution in [0.2, 0.25) is 0 Å². The summed E-state index contributed by atoms with van der Waals surface area (Å²) < 4.78 is 0. The zero-order chi connectivity index (χ0) is 33.9. The summed E-state index contributed by atoms with van der Waals surface area (Å²) in [5.74, 6) is -0.584. The maximum atomic E-state index is 12.5. The molecule has 0 saturated heterocycles. The molecule has 0 rings (SSSR count). The molecule has 0 heterocycles. The average molecular weight is 654 g/mol. The number of carbonyl (C=O) groups excluding carboxylic acids is 1. The van der Waals surface area contributed by atoms with Crippen molar-refractivity contribution in [3.05, 3.63) is 12.2 Å². The lowest BCUT2D eigenvalue weighted by Gasteiger charge is -2.27. The van der Waals surface area contributed by atoms with Crippen LogP contribution >= 0.6 is 0 Å². The number of unbranched alkanes of at least 4 members (excludes halogenated alkanes) is 25. The zero-order valence-electron chi connectivity index (χ0n) is 30.6. The smallest absolute Gasteiger partial charge is 0.249 e. The van der Waals surface area contributed by atoms with E-state index in [0.29, 0.717) is 12.8 Å². The molecule has 0 bridgehead atoms. The molecule has 6 nitrogen and oxygen atoms in total. The number of hydrogen-bond donors (Lipinski definition) is 5. The third-order valence-electron chi connectivity index (χ3n) is 9.46. The normalized spacial score (nSPS) is 14.5. The van der Waals surface area contributed by atoms with Crippen LogP contribution in [0.4, 0.5) is 0 Å². The Kier molecular flexibility index (Phi) is 34.6. The summed E-state index contributed by atoms with van der Waals surface area (Å²) in [5, 5.41) is 43.5. The molecule has 0 radical (unpaired) electrons. The van der Waals surface area contributed by atoms with Gasteiger partial charge in [0.05, 0.1) is 18.8 Å². The fourth-order valence-corrected chi connectivity index (χ4v) is 6.23. The van der Waals surface area contributed by atoms with Crippen LogP contribution in [-0.4, -0.2) is 57.3 Å². The molecule has 46 heavy (non-hydrogen) atoms. The standard InChI is InChI=1S/C40H79NO5/c1-3-5-7-9-11-13-15-17-19-20-22-24-26-28-30-32-34-38(44)40(46)41-36(35-42)39(45)37(43)33-31-29-27-25-23-21-18-16-14-12-10-8-6-4-2/h8,10,36-39,42-45H,3-7,9,11-35H2,1-2H3,(H,41,46)/b10-8+/t36-,37+,38+,39-/m0/s1. The van der Waals surface area contributed by atoms with Gasteiger partial charge in [-0.05, 0) is 32.1 Å². The molecular weight excluding hydrogens is 574 g/mol. The fraction of sp³-hybridized carbons (Fsp3) is 0.925. The maximum Gasteiger partial charge on any atom is 0.249 e. The molecule has 0 spiro atoms. The predicted molar refractivity (Wildman–Crippen MR) is 196 cm³/mol. The fourth-order valence-electron chi connectivity index (χ4n) is 6.23. The molecule has 0 aromatic rings. The highest BCUT2D eigenvalue weighted by Gasteiger charge is 2.28. The molecule has 0 aromatic carbocycles. The molecule has 0 aliphatic rings. The van der Waals surface area contributed by atoms with Gasteiger partial charge in [-0.15, -0.1) is 0 Å². The maximum absolute atomic E-state index is 12.5. The summed E-state index contributed by atoms with van der Waals surface area (Å²) in [4.78, 5) is 12.5. The van der Waals surface area contributed by atoms with Crippen molar-refractivity contribution in [2.75, 3.05) is 6.61 Å². The second-order valence-electron chi connectivity index (χ2n) is 14.0. The topological polar surface area (TPSA) is 110 Å².